The van der Waals surface area contributed by atoms with E-state index in [1.54, 1.807) is 30.6 Å². The van der Waals surface area contributed by atoms with Gasteiger partial charge in [-0.25, -0.2) is 0 Å². The number of thioether (sulfide) groups is 1. The number of carbonyl (C=O) groups is 3. The highest BCUT2D eigenvalue weighted by atomic mass is 32.2. The zero-order valence-corrected chi connectivity index (χ0v) is 15.7. The van der Waals surface area contributed by atoms with Gasteiger partial charge in [0.15, 0.2) is 0 Å². The molecule has 1 aliphatic rings. The number of carbonyl (C=O) groups excluding carboxylic acids is 3. The van der Waals surface area contributed by atoms with E-state index in [2.05, 4.69) is 15.0 Å². The Balaban J connectivity index is 1.56. The van der Waals surface area contributed by atoms with Crippen LogP contribution in [0.5, 0.6) is 5.75 Å². The van der Waals surface area contributed by atoms with Gasteiger partial charge in [0.1, 0.15) is 5.75 Å². The average molecular weight is 419 g/mol. The SMILES string of the molecule is O=C(NCCN1C(=O)SC(=Cc2cccnc2)C1=O)c1cccc(OC(F)F)c1. The van der Waals surface area contributed by atoms with Crippen molar-refractivity contribution in [1.29, 1.82) is 0 Å². The molecule has 150 valence electrons. The molecule has 2 heterocycles. The first-order valence-corrected chi connectivity index (χ1v) is 9.24. The number of amides is 3. The summed E-state index contributed by atoms with van der Waals surface area (Å²) in [7, 11) is 0. The van der Waals surface area contributed by atoms with Crippen LogP contribution in [0.15, 0.2) is 53.7 Å². The molecule has 0 aliphatic carbocycles. The van der Waals surface area contributed by atoms with Gasteiger partial charge in [-0.15, -0.1) is 0 Å². The van der Waals surface area contributed by atoms with E-state index in [4.69, 9.17) is 0 Å². The third-order valence-electron chi connectivity index (χ3n) is 3.80. The number of alkyl halides is 2. The summed E-state index contributed by atoms with van der Waals surface area (Å²) in [5.41, 5.74) is 0.811. The van der Waals surface area contributed by atoms with E-state index in [1.165, 1.54) is 24.3 Å². The second-order valence-electron chi connectivity index (χ2n) is 5.78. The topological polar surface area (TPSA) is 88.6 Å². The van der Waals surface area contributed by atoms with Crippen molar-refractivity contribution in [1.82, 2.24) is 15.2 Å². The minimum atomic E-state index is -2.99. The maximum atomic E-state index is 12.4. The zero-order chi connectivity index (χ0) is 20.8. The molecule has 1 aromatic heterocycles. The normalized spacial score (nSPS) is 15.3. The molecule has 7 nitrogen and oxygen atoms in total. The number of nitrogens with zero attached hydrogens (tertiary/aromatic N) is 2. The Morgan fingerprint density at radius 1 is 1.28 bits per heavy atom. The smallest absolute Gasteiger partial charge is 0.387 e. The quantitative estimate of drug-likeness (QED) is 0.694. The van der Waals surface area contributed by atoms with Crippen molar-refractivity contribution in [2.24, 2.45) is 0 Å². The van der Waals surface area contributed by atoms with E-state index in [1.807, 2.05) is 0 Å². The van der Waals surface area contributed by atoms with Crippen molar-refractivity contribution < 1.29 is 27.9 Å². The minimum Gasteiger partial charge on any atom is -0.435 e. The second-order valence-corrected chi connectivity index (χ2v) is 6.78. The molecule has 29 heavy (non-hydrogen) atoms. The Labute approximate surface area is 168 Å². The lowest BCUT2D eigenvalue weighted by molar-refractivity contribution is -0.122. The van der Waals surface area contributed by atoms with Crippen LogP contribution in [0.4, 0.5) is 13.6 Å². The van der Waals surface area contributed by atoms with Gasteiger partial charge in [-0.1, -0.05) is 12.1 Å². The van der Waals surface area contributed by atoms with Gasteiger partial charge in [0, 0.05) is 31.0 Å². The van der Waals surface area contributed by atoms with Gasteiger partial charge in [0.2, 0.25) is 0 Å². The first kappa shape index (κ1) is 20.5. The highest BCUT2D eigenvalue weighted by Gasteiger charge is 2.34. The summed E-state index contributed by atoms with van der Waals surface area (Å²) in [5.74, 6) is -1.13. The van der Waals surface area contributed by atoms with Crippen molar-refractivity contribution in [3.8, 4) is 5.75 Å². The Hall–Kier alpha value is -3.27. The molecule has 2 aromatic rings. The lowest BCUT2D eigenvalue weighted by Gasteiger charge is -2.13. The van der Waals surface area contributed by atoms with Gasteiger partial charge >= 0.3 is 6.61 Å². The number of imide groups is 1. The molecule has 0 spiro atoms. The van der Waals surface area contributed by atoms with Crippen molar-refractivity contribution >= 4 is 34.9 Å². The Bertz CT molecular complexity index is 953. The Morgan fingerprint density at radius 2 is 2.10 bits per heavy atom. The molecule has 1 N–H and O–H groups in total. The number of hydrogen-bond donors (Lipinski definition) is 1. The third-order valence-corrected chi connectivity index (χ3v) is 4.71. The van der Waals surface area contributed by atoms with Gasteiger partial charge in [0.25, 0.3) is 17.1 Å². The van der Waals surface area contributed by atoms with Crippen LogP contribution in [0.3, 0.4) is 0 Å². The van der Waals surface area contributed by atoms with E-state index in [9.17, 15) is 23.2 Å². The average Bonchev–Trinajstić information content (AvgIpc) is 2.95. The number of rotatable bonds is 7. The summed E-state index contributed by atoms with van der Waals surface area (Å²) in [5, 5.41) is 2.11. The highest BCUT2D eigenvalue weighted by Crippen LogP contribution is 2.31. The summed E-state index contributed by atoms with van der Waals surface area (Å²) in [4.78, 5) is 41.9. The molecule has 3 rings (SSSR count). The maximum absolute atomic E-state index is 12.4. The fourth-order valence-electron chi connectivity index (χ4n) is 2.50. The van der Waals surface area contributed by atoms with Crippen LogP contribution in [0.1, 0.15) is 15.9 Å². The Kier molecular flexibility index (Phi) is 6.55. The molecule has 0 saturated carbocycles. The molecule has 0 atom stereocenters. The van der Waals surface area contributed by atoms with E-state index < -0.39 is 23.7 Å². The summed E-state index contributed by atoms with van der Waals surface area (Å²) in [6, 6.07) is 8.80. The highest BCUT2D eigenvalue weighted by molar-refractivity contribution is 8.18. The lowest BCUT2D eigenvalue weighted by Crippen LogP contribution is -2.37. The number of hydrogen-bond acceptors (Lipinski definition) is 6. The minimum absolute atomic E-state index is 0.0109. The number of pyridine rings is 1. The van der Waals surface area contributed by atoms with Crippen molar-refractivity contribution in [3.05, 3.63) is 64.8 Å². The third kappa shape index (κ3) is 5.38. The van der Waals surface area contributed by atoms with Gasteiger partial charge in [-0.2, -0.15) is 8.78 Å². The van der Waals surface area contributed by atoms with Gasteiger partial charge in [-0.05, 0) is 47.7 Å². The summed E-state index contributed by atoms with van der Waals surface area (Å²) >= 11 is 0.810. The first-order chi connectivity index (χ1) is 13.9. The molecule has 0 radical (unpaired) electrons. The fraction of sp³-hybridized carbons (Fsp3) is 0.158. The van der Waals surface area contributed by atoms with Gasteiger partial charge in [-0.3, -0.25) is 24.3 Å². The maximum Gasteiger partial charge on any atom is 0.387 e. The van der Waals surface area contributed by atoms with Crippen LogP contribution in [0, 0.1) is 0 Å². The van der Waals surface area contributed by atoms with Crippen LogP contribution in [-0.4, -0.2) is 46.6 Å². The molecule has 10 heteroatoms. The monoisotopic (exact) mass is 419 g/mol. The number of nitrogens with one attached hydrogen (secondary N) is 1. The predicted molar refractivity (Wildman–Crippen MR) is 102 cm³/mol. The van der Waals surface area contributed by atoms with Crippen LogP contribution in [0.2, 0.25) is 0 Å². The van der Waals surface area contributed by atoms with Crippen molar-refractivity contribution in [2.45, 2.75) is 6.61 Å². The lowest BCUT2D eigenvalue weighted by atomic mass is 10.2. The van der Waals surface area contributed by atoms with Gasteiger partial charge in [0.05, 0.1) is 4.91 Å². The molecular formula is C19H15F2N3O4S. The number of benzene rings is 1. The number of ether oxygens (including phenoxy) is 1. The Morgan fingerprint density at radius 3 is 2.83 bits per heavy atom. The molecule has 1 fully saturated rings. The molecule has 0 unspecified atom stereocenters. The summed E-state index contributed by atoms with van der Waals surface area (Å²) < 4.78 is 28.8. The predicted octanol–water partition coefficient (Wildman–Crippen LogP) is 3.15. The summed E-state index contributed by atoms with van der Waals surface area (Å²) in [6.45, 7) is -3.00. The fourth-order valence-corrected chi connectivity index (χ4v) is 3.37. The first-order valence-electron chi connectivity index (χ1n) is 8.42. The molecule has 1 aromatic carbocycles. The zero-order valence-electron chi connectivity index (χ0n) is 14.9. The van der Waals surface area contributed by atoms with Crippen LogP contribution < -0.4 is 10.1 Å². The van der Waals surface area contributed by atoms with Crippen molar-refractivity contribution in [3.63, 3.8) is 0 Å². The molecular weight excluding hydrogens is 404 g/mol. The van der Waals surface area contributed by atoms with Crippen LogP contribution in [-0.2, 0) is 4.79 Å². The molecule has 0 bridgehead atoms. The van der Waals surface area contributed by atoms with E-state index in [-0.39, 0.29) is 29.3 Å². The van der Waals surface area contributed by atoms with Gasteiger partial charge < -0.3 is 10.1 Å². The molecule has 1 aliphatic heterocycles. The standard InChI is InChI=1S/C19H15F2N3O4S/c20-18(21)28-14-5-1-4-13(10-14)16(25)23-7-8-24-17(26)15(29-19(24)27)9-12-3-2-6-22-11-12/h1-6,9-11,18H,7-8H2,(H,23,25). The van der Waals surface area contributed by atoms with E-state index in [0.29, 0.717) is 5.56 Å². The van der Waals surface area contributed by atoms with E-state index >= 15 is 0 Å². The van der Waals surface area contributed by atoms with Crippen LogP contribution >= 0.6 is 11.8 Å². The second kappa shape index (κ2) is 9.28. The van der Waals surface area contributed by atoms with Crippen molar-refractivity contribution in [2.75, 3.05) is 13.1 Å². The summed E-state index contributed by atoms with van der Waals surface area (Å²) in [6.07, 6.45) is 4.74. The molecule has 1 saturated heterocycles. The number of halogens is 2. The largest absolute Gasteiger partial charge is 0.435 e. The molecule has 3 amide bonds. The number of aromatic nitrogens is 1. The van der Waals surface area contributed by atoms with E-state index in [0.717, 1.165) is 16.7 Å². The van der Waals surface area contributed by atoms with Crippen LogP contribution in [0.25, 0.3) is 6.08 Å².